The number of anilines is 1. The van der Waals surface area contributed by atoms with E-state index in [1.807, 2.05) is 26.2 Å². The van der Waals surface area contributed by atoms with Crippen LogP contribution in [0.1, 0.15) is 33.1 Å². The summed E-state index contributed by atoms with van der Waals surface area (Å²) in [5.41, 5.74) is 3.51. The van der Waals surface area contributed by atoms with Crippen LogP contribution in [0.5, 0.6) is 0 Å². The molecule has 1 aromatic heterocycles. The van der Waals surface area contributed by atoms with Gasteiger partial charge in [-0.05, 0) is 68.3 Å². The maximum Gasteiger partial charge on any atom is 0.247 e. The third-order valence-corrected chi connectivity index (χ3v) is 6.61. The Morgan fingerprint density at radius 1 is 1.13 bits per heavy atom. The standard InChI is InChI=1S/C25H38N4O2/c1-17(2)23-14-20(18(3)13-21(23)16-29(6)11-12-30)15-24-26-27-25(31-24)19-7-9-22(10-8-19)28(4)5/h7-10,13,17,20-21,23,30H,11-12,14-16H2,1-6H3. The van der Waals surface area contributed by atoms with Gasteiger partial charge in [-0.1, -0.05) is 25.5 Å². The average Bonchev–Trinajstić information content (AvgIpc) is 3.18. The summed E-state index contributed by atoms with van der Waals surface area (Å²) in [6.45, 7) is 8.78. The van der Waals surface area contributed by atoms with Crippen molar-refractivity contribution >= 4 is 5.69 Å². The van der Waals surface area contributed by atoms with Crippen LogP contribution in [0.25, 0.3) is 11.5 Å². The topological polar surface area (TPSA) is 65.6 Å². The van der Waals surface area contributed by atoms with Gasteiger partial charge in [0, 0.05) is 44.9 Å². The van der Waals surface area contributed by atoms with Crippen molar-refractivity contribution in [2.75, 3.05) is 45.7 Å². The highest BCUT2D eigenvalue weighted by molar-refractivity contribution is 5.58. The first-order valence-corrected chi connectivity index (χ1v) is 11.4. The number of hydrogen-bond donors (Lipinski definition) is 1. The molecule has 0 radical (unpaired) electrons. The minimum Gasteiger partial charge on any atom is -0.421 e. The molecule has 3 unspecified atom stereocenters. The van der Waals surface area contributed by atoms with E-state index in [0.29, 0.717) is 35.5 Å². The summed E-state index contributed by atoms with van der Waals surface area (Å²) in [5.74, 6) is 3.45. The summed E-state index contributed by atoms with van der Waals surface area (Å²) in [6.07, 6.45) is 4.37. The van der Waals surface area contributed by atoms with E-state index in [0.717, 1.165) is 37.2 Å². The number of rotatable bonds is 9. The van der Waals surface area contributed by atoms with E-state index in [9.17, 15) is 5.11 Å². The number of aliphatic hydroxyl groups excluding tert-OH is 1. The van der Waals surface area contributed by atoms with Crippen molar-refractivity contribution in [2.45, 2.75) is 33.6 Å². The maximum atomic E-state index is 9.24. The molecule has 1 aromatic carbocycles. The molecule has 1 N–H and O–H groups in total. The Labute approximate surface area is 187 Å². The Hall–Kier alpha value is -2.18. The minimum absolute atomic E-state index is 0.207. The molecule has 0 fully saturated rings. The highest BCUT2D eigenvalue weighted by atomic mass is 16.4. The molecule has 6 heteroatoms. The molecule has 3 atom stereocenters. The first-order chi connectivity index (χ1) is 14.8. The van der Waals surface area contributed by atoms with Gasteiger partial charge in [0.05, 0.1) is 6.61 Å². The van der Waals surface area contributed by atoms with Gasteiger partial charge < -0.3 is 19.3 Å². The molecule has 0 aliphatic heterocycles. The average molecular weight is 427 g/mol. The summed E-state index contributed by atoms with van der Waals surface area (Å²) in [7, 11) is 6.15. The zero-order chi connectivity index (χ0) is 22.5. The number of aromatic nitrogens is 2. The molecule has 2 aromatic rings. The molecule has 1 heterocycles. The Morgan fingerprint density at radius 3 is 2.45 bits per heavy atom. The molecule has 1 aliphatic carbocycles. The van der Waals surface area contributed by atoms with Gasteiger partial charge in [-0.2, -0.15) is 0 Å². The van der Waals surface area contributed by atoms with E-state index in [1.54, 1.807) is 0 Å². The lowest BCUT2D eigenvalue weighted by molar-refractivity contribution is 0.156. The number of likely N-dealkylation sites (N-methyl/N-ethyl adjacent to an activating group) is 1. The number of hydrogen-bond acceptors (Lipinski definition) is 6. The van der Waals surface area contributed by atoms with E-state index in [1.165, 1.54) is 5.57 Å². The van der Waals surface area contributed by atoms with Crippen LogP contribution in [0, 0.1) is 23.7 Å². The van der Waals surface area contributed by atoms with E-state index >= 15 is 0 Å². The van der Waals surface area contributed by atoms with E-state index in [-0.39, 0.29) is 6.61 Å². The summed E-state index contributed by atoms with van der Waals surface area (Å²) in [4.78, 5) is 4.30. The van der Waals surface area contributed by atoms with Crippen LogP contribution in [0.4, 0.5) is 5.69 Å². The first kappa shape index (κ1) is 23.5. The zero-order valence-corrected chi connectivity index (χ0v) is 19.9. The Morgan fingerprint density at radius 2 is 1.84 bits per heavy atom. The SMILES string of the molecule is CC1=CC(CN(C)CCO)C(C(C)C)CC1Cc1nnc(-c2ccc(N(C)C)cc2)o1. The lowest BCUT2D eigenvalue weighted by Gasteiger charge is -2.38. The fourth-order valence-electron chi connectivity index (χ4n) is 4.67. The first-order valence-electron chi connectivity index (χ1n) is 11.4. The van der Waals surface area contributed by atoms with Crippen molar-refractivity contribution in [2.24, 2.45) is 23.7 Å². The zero-order valence-electron chi connectivity index (χ0n) is 19.9. The smallest absolute Gasteiger partial charge is 0.247 e. The third kappa shape index (κ3) is 5.95. The second kappa shape index (κ2) is 10.4. The molecule has 0 spiro atoms. The number of aliphatic hydroxyl groups is 1. The molecule has 0 amide bonds. The second-order valence-corrected chi connectivity index (χ2v) is 9.55. The van der Waals surface area contributed by atoms with Crippen LogP contribution in [0.3, 0.4) is 0 Å². The second-order valence-electron chi connectivity index (χ2n) is 9.55. The molecule has 1 aliphatic rings. The summed E-state index contributed by atoms with van der Waals surface area (Å²) >= 11 is 0. The highest BCUT2D eigenvalue weighted by Crippen LogP contribution is 2.39. The van der Waals surface area contributed by atoms with Crippen molar-refractivity contribution in [3.63, 3.8) is 0 Å². The van der Waals surface area contributed by atoms with Crippen LogP contribution in [0.2, 0.25) is 0 Å². The van der Waals surface area contributed by atoms with E-state index in [4.69, 9.17) is 4.42 Å². The van der Waals surface area contributed by atoms with Crippen LogP contribution in [0.15, 0.2) is 40.3 Å². The summed E-state index contributed by atoms with van der Waals surface area (Å²) in [6, 6.07) is 8.18. The molecular weight excluding hydrogens is 388 g/mol. The van der Waals surface area contributed by atoms with Gasteiger partial charge in [0.25, 0.3) is 0 Å². The highest BCUT2D eigenvalue weighted by Gasteiger charge is 2.33. The minimum atomic E-state index is 0.207. The lowest BCUT2D eigenvalue weighted by Crippen LogP contribution is -2.36. The van der Waals surface area contributed by atoms with Crippen molar-refractivity contribution in [1.29, 1.82) is 0 Å². The van der Waals surface area contributed by atoms with Crippen molar-refractivity contribution in [1.82, 2.24) is 15.1 Å². The molecule has 0 bridgehead atoms. The van der Waals surface area contributed by atoms with E-state index < -0.39 is 0 Å². The molecule has 31 heavy (non-hydrogen) atoms. The van der Waals surface area contributed by atoms with Crippen LogP contribution >= 0.6 is 0 Å². The Bertz CT molecular complexity index is 857. The Kier molecular flexibility index (Phi) is 7.89. The summed E-state index contributed by atoms with van der Waals surface area (Å²) < 4.78 is 6.04. The fraction of sp³-hybridized carbons (Fsp3) is 0.600. The monoisotopic (exact) mass is 426 g/mol. The van der Waals surface area contributed by atoms with Gasteiger partial charge in [-0.15, -0.1) is 10.2 Å². The van der Waals surface area contributed by atoms with Gasteiger partial charge in [0.2, 0.25) is 11.8 Å². The Balaban J connectivity index is 1.71. The number of allylic oxidation sites excluding steroid dienone is 1. The predicted octanol–water partition coefficient (Wildman–Crippen LogP) is 4.12. The maximum absolute atomic E-state index is 9.24. The predicted molar refractivity (Wildman–Crippen MR) is 126 cm³/mol. The largest absolute Gasteiger partial charge is 0.421 e. The molecular formula is C25H38N4O2. The lowest BCUT2D eigenvalue weighted by atomic mass is 9.69. The van der Waals surface area contributed by atoms with Crippen LogP contribution in [-0.4, -0.2) is 61.0 Å². The van der Waals surface area contributed by atoms with Crippen LogP contribution < -0.4 is 4.90 Å². The number of nitrogens with zero attached hydrogens (tertiary/aromatic N) is 4. The quantitative estimate of drug-likeness (QED) is 0.609. The van der Waals surface area contributed by atoms with Gasteiger partial charge in [-0.25, -0.2) is 0 Å². The molecule has 0 saturated heterocycles. The summed E-state index contributed by atoms with van der Waals surface area (Å²) in [5, 5.41) is 17.9. The van der Waals surface area contributed by atoms with Gasteiger partial charge >= 0.3 is 0 Å². The molecule has 170 valence electrons. The molecule has 6 nitrogen and oxygen atoms in total. The molecule has 0 saturated carbocycles. The van der Waals surface area contributed by atoms with Crippen LogP contribution in [-0.2, 0) is 6.42 Å². The van der Waals surface area contributed by atoms with Crippen molar-refractivity contribution < 1.29 is 9.52 Å². The van der Waals surface area contributed by atoms with Gasteiger partial charge in [-0.3, -0.25) is 0 Å². The van der Waals surface area contributed by atoms with Gasteiger partial charge in [0.1, 0.15) is 0 Å². The third-order valence-electron chi connectivity index (χ3n) is 6.61. The molecule has 3 rings (SSSR count). The van der Waals surface area contributed by atoms with Gasteiger partial charge in [0.15, 0.2) is 0 Å². The van der Waals surface area contributed by atoms with Crippen molar-refractivity contribution in [3.8, 4) is 11.5 Å². The van der Waals surface area contributed by atoms with Crippen molar-refractivity contribution in [3.05, 3.63) is 41.8 Å². The van der Waals surface area contributed by atoms with E-state index in [2.05, 4.69) is 66.0 Å². The fourth-order valence-corrected chi connectivity index (χ4v) is 4.67. The number of benzene rings is 1. The normalized spacial score (nSPS) is 21.6.